The molecule has 2 aromatic rings. The van der Waals surface area contributed by atoms with Gasteiger partial charge in [0.2, 0.25) is 11.9 Å². The van der Waals surface area contributed by atoms with Crippen molar-refractivity contribution in [2.45, 2.75) is 63.4 Å². The second kappa shape index (κ2) is 12.0. The van der Waals surface area contributed by atoms with Crippen LogP contribution in [0.4, 0.5) is 16.6 Å². The van der Waals surface area contributed by atoms with Crippen molar-refractivity contribution in [3.8, 4) is 0 Å². The lowest BCUT2D eigenvalue weighted by atomic mass is 9.72. The van der Waals surface area contributed by atoms with E-state index in [4.69, 9.17) is 4.74 Å². The minimum absolute atomic E-state index is 0.0580. The zero-order valence-corrected chi connectivity index (χ0v) is 25.7. The van der Waals surface area contributed by atoms with Crippen LogP contribution < -0.4 is 10.6 Å². The van der Waals surface area contributed by atoms with E-state index in [1.54, 1.807) is 16.7 Å². The molecule has 0 radical (unpaired) electrons. The average molecular weight is 582 g/mol. The highest BCUT2D eigenvalue weighted by atomic mass is 32.2. The Balaban J connectivity index is 1.01. The van der Waals surface area contributed by atoms with Crippen LogP contribution in [0.15, 0.2) is 35.6 Å². The number of rotatable bonds is 9. The van der Waals surface area contributed by atoms with Gasteiger partial charge in [0.1, 0.15) is 11.4 Å². The third-order valence-corrected chi connectivity index (χ3v) is 8.95. The number of likely N-dealkylation sites (tertiary alicyclic amines) is 2. The summed E-state index contributed by atoms with van der Waals surface area (Å²) >= 11 is 1.62. The lowest BCUT2D eigenvalue weighted by molar-refractivity contribution is -0.137. The molecule has 10 nitrogen and oxygen atoms in total. The first kappa shape index (κ1) is 29.4. The number of nitrogens with one attached hydrogen (secondary N) is 2. The molecule has 0 unspecified atom stereocenters. The van der Waals surface area contributed by atoms with E-state index in [9.17, 15) is 9.59 Å². The van der Waals surface area contributed by atoms with Crippen molar-refractivity contribution in [2.24, 2.45) is 17.3 Å². The Labute approximate surface area is 247 Å². The number of pyridine rings is 1. The number of hydrogen-bond acceptors (Lipinski definition) is 9. The van der Waals surface area contributed by atoms with E-state index in [1.807, 2.05) is 56.6 Å². The number of hydrogen-bond donors (Lipinski definition) is 2. The number of nitrogens with zero attached hydrogens (tertiary/aromatic N) is 5. The van der Waals surface area contributed by atoms with Gasteiger partial charge in [-0.05, 0) is 69.8 Å². The van der Waals surface area contributed by atoms with Gasteiger partial charge in [-0.25, -0.2) is 19.7 Å². The number of carbonyl (C=O) groups excluding carboxylic acids is 2. The van der Waals surface area contributed by atoms with E-state index >= 15 is 0 Å². The van der Waals surface area contributed by atoms with Crippen LogP contribution in [0.25, 0.3) is 0 Å². The highest BCUT2D eigenvalue weighted by molar-refractivity contribution is 7.98. The highest BCUT2D eigenvalue weighted by Crippen LogP contribution is 2.49. The van der Waals surface area contributed by atoms with Crippen molar-refractivity contribution in [3.63, 3.8) is 0 Å². The van der Waals surface area contributed by atoms with Gasteiger partial charge in [0.25, 0.3) is 0 Å². The Bertz CT molecular complexity index is 1200. The number of aromatic nitrogens is 3. The second-order valence-corrected chi connectivity index (χ2v) is 13.8. The van der Waals surface area contributed by atoms with E-state index < -0.39 is 5.60 Å². The van der Waals surface area contributed by atoms with Crippen molar-refractivity contribution in [1.29, 1.82) is 0 Å². The molecule has 222 valence electrons. The largest absolute Gasteiger partial charge is 0.444 e. The van der Waals surface area contributed by atoms with E-state index in [0.29, 0.717) is 11.9 Å². The molecule has 2 aromatic heterocycles. The molecule has 11 heteroatoms. The summed E-state index contributed by atoms with van der Waals surface area (Å²) in [5.41, 5.74) is 0.802. The first-order chi connectivity index (χ1) is 19.5. The first-order valence-electron chi connectivity index (χ1n) is 14.6. The molecule has 0 aromatic carbocycles. The molecule has 1 saturated carbocycles. The molecule has 2 saturated heterocycles. The summed E-state index contributed by atoms with van der Waals surface area (Å²) < 4.78 is 5.50. The number of thioether (sulfide) groups is 1. The predicted molar refractivity (Wildman–Crippen MR) is 161 cm³/mol. The van der Waals surface area contributed by atoms with Crippen molar-refractivity contribution < 1.29 is 14.3 Å². The zero-order valence-electron chi connectivity index (χ0n) is 24.9. The van der Waals surface area contributed by atoms with Gasteiger partial charge in [0, 0.05) is 74.1 Å². The Morgan fingerprint density at radius 1 is 1.05 bits per heavy atom. The van der Waals surface area contributed by atoms with E-state index in [-0.39, 0.29) is 29.3 Å². The molecular weight excluding hydrogens is 538 g/mol. The maximum Gasteiger partial charge on any atom is 0.410 e. The summed E-state index contributed by atoms with van der Waals surface area (Å²) in [6.45, 7) is 12.4. The summed E-state index contributed by atoms with van der Waals surface area (Å²) in [4.78, 5) is 43.7. The maximum absolute atomic E-state index is 13.2. The molecule has 3 atom stereocenters. The van der Waals surface area contributed by atoms with Crippen molar-refractivity contribution in [3.05, 3.63) is 36.3 Å². The molecule has 4 heterocycles. The lowest BCUT2D eigenvalue weighted by Crippen LogP contribution is -2.62. The van der Waals surface area contributed by atoms with E-state index in [2.05, 4.69) is 38.6 Å². The number of anilines is 2. The third kappa shape index (κ3) is 7.42. The molecule has 2 N–H and O–H groups in total. The summed E-state index contributed by atoms with van der Waals surface area (Å²) in [7, 11) is 0. The molecule has 5 rings (SSSR count). The SMILES string of the molecule is CSc1cnc(NC[C@H](C)CNc2ccc([C@H]3C[C@@H]3C(=O)N3CCC4(CC3)CN(C(=O)OC(C)(C)C)C4)cn2)nc1. The van der Waals surface area contributed by atoms with Gasteiger partial charge in [-0.3, -0.25) is 4.79 Å². The van der Waals surface area contributed by atoms with Crippen LogP contribution in [0.3, 0.4) is 0 Å². The van der Waals surface area contributed by atoms with Crippen molar-refractivity contribution in [2.75, 3.05) is 56.2 Å². The average Bonchev–Trinajstić information content (AvgIpc) is 3.74. The van der Waals surface area contributed by atoms with Gasteiger partial charge >= 0.3 is 6.09 Å². The van der Waals surface area contributed by atoms with Gasteiger partial charge in [-0.2, -0.15) is 0 Å². The molecule has 2 amide bonds. The quantitative estimate of drug-likeness (QED) is 0.406. The van der Waals surface area contributed by atoms with Crippen LogP contribution in [0.2, 0.25) is 0 Å². The molecule has 41 heavy (non-hydrogen) atoms. The minimum Gasteiger partial charge on any atom is -0.444 e. The molecule has 1 spiro atoms. The fourth-order valence-electron chi connectivity index (χ4n) is 5.67. The highest BCUT2D eigenvalue weighted by Gasteiger charge is 2.51. The lowest BCUT2D eigenvalue weighted by Gasteiger charge is -2.53. The van der Waals surface area contributed by atoms with Crippen LogP contribution in [0.5, 0.6) is 0 Å². The number of amides is 2. The molecule has 2 aliphatic heterocycles. The second-order valence-electron chi connectivity index (χ2n) is 12.9. The van der Waals surface area contributed by atoms with Crippen molar-refractivity contribution >= 4 is 35.5 Å². The topological polar surface area (TPSA) is 113 Å². The monoisotopic (exact) mass is 581 g/mol. The van der Waals surface area contributed by atoms with Crippen LogP contribution in [-0.2, 0) is 9.53 Å². The van der Waals surface area contributed by atoms with Crippen molar-refractivity contribution in [1.82, 2.24) is 24.8 Å². The maximum atomic E-state index is 13.2. The molecule has 1 aliphatic carbocycles. The number of ether oxygens (including phenoxy) is 1. The Kier molecular flexibility index (Phi) is 8.63. The van der Waals surface area contributed by atoms with Crippen LogP contribution in [-0.4, -0.2) is 87.9 Å². The van der Waals surface area contributed by atoms with Crippen LogP contribution >= 0.6 is 11.8 Å². The smallest absolute Gasteiger partial charge is 0.410 e. The Morgan fingerprint density at radius 3 is 2.34 bits per heavy atom. The van der Waals surface area contributed by atoms with E-state index in [0.717, 1.165) is 74.8 Å². The summed E-state index contributed by atoms with van der Waals surface area (Å²) in [6.07, 6.45) is 10.1. The van der Waals surface area contributed by atoms with Gasteiger partial charge in [0.05, 0.1) is 0 Å². The van der Waals surface area contributed by atoms with Gasteiger partial charge in [0.15, 0.2) is 0 Å². The summed E-state index contributed by atoms with van der Waals surface area (Å²) in [6, 6.07) is 4.11. The zero-order chi connectivity index (χ0) is 29.2. The third-order valence-electron chi connectivity index (χ3n) is 8.27. The van der Waals surface area contributed by atoms with E-state index in [1.165, 1.54) is 0 Å². The normalized spacial score (nSPS) is 22.1. The summed E-state index contributed by atoms with van der Waals surface area (Å²) in [5, 5.41) is 6.69. The van der Waals surface area contributed by atoms with Gasteiger partial charge < -0.3 is 25.2 Å². The summed E-state index contributed by atoms with van der Waals surface area (Å²) in [5.74, 6) is 2.42. The molecule has 3 aliphatic rings. The first-order valence-corrected chi connectivity index (χ1v) is 15.8. The molecule has 0 bridgehead atoms. The number of piperidine rings is 1. The Hall–Kier alpha value is -3.08. The van der Waals surface area contributed by atoms with Crippen LogP contribution in [0, 0.1) is 17.3 Å². The predicted octanol–water partition coefficient (Wildman–Crippen LogP) is 4.72. The fraction of sp³-hybridized carbons (Fsp3) is 0.633. The van der Waals surface area contributed by atoms with Gasteiger partial charge in [-0.15, -0.1) is 11.8 Å². The molecule has 3 fully saturated rings. The minimum atomic E-state index is -0.476. The molecular formula is C30H43N7O3S. The Morgan fingerprint density at radius 2 is 1.73 bits per heavy atom. The standard InChI is InChI=1S/C30H43N7O3S/c1-20(14-33-27-34-16-22(41-5)17-35-27)13-31-25-7-6-21(15-32-25)23-12-24(23)26(38)36-10-8-30(9-11-36)18-37(19-30)28(39)40-29(2,3)4/h6-7,15-17,20,23-24H,8-14,18-19H2,1-5H3,(H,31,32)(H,33,34,35)/t20-,23-,24+/m1/s1. The fourth-order valence-corrected chi connectivity index (χ4v) is 5.98. The van der Waals surface area contributed by atoms with Gasteiger partial charge in [-0.1, -0.05) is 13.0 Å². The van der Waals surface area contributed by atoms with Crippen LogP contribution in [0.1, 0.15) is 58.4 Å². The number of carbonyl (C=O) groups is 2.